The van der Waals surface area contributed by atoms with Crippen LogP contribution >= 0.6 is 0 Å². The number of nitrogens with zero attached hydrogens (tertiary/aromatic N) is 2. The predicted molar refractivity (Wildman–Crippen MR) is 144 cm³/mol. The molecule has 5 rings (SSSR count). The molecule has 0 aromatic heterocycles. The average Bonchev–Trinajstić information content (AvgIpc) is 3.47. The highest BCUT2D eigenvalue weighted by molar-refractivity contribution is 6.01. The van der Waals surface area contributed by atoms with Crippen molar-refractivity contribution in [2.75, 3.05) is 33.3 Å². The topological polar surface area (TPSA) is 61.9 Å². The maximum absolute atomic E-state index is 13.9. The number of halogens is 1. The Morgan fingerprint density at radius 3 is 2.42 bits per heavy atom. The Morgan fingerprint density at radius 2 is 1.71 bits per heavy atom. The fourth-order valence-corrected chi connectivity index (χ4v) is 5.64. The molecule has 0 aliphatic carbocycles. The molecule has 0 radical (unpaired) electrons. The van der Waals surface area contributed by atoms with Gasteiger partial charge in [-0.1, -0.05) is 42.5 Å². The summed E-state index contributed by atoms with van der Waals surface area (Å²) in [6.07, 6.45) is 3.37. The number of carbonyl (C=O) groups excluding carboxylic acids is 2. The molecule has 38 heavy (non-hydrogen) atoms. The van der Waals surface area contributed by atoms with E-state index in [9.17, 15) is 14.0 Å². The number of benzene rings is 3. The molecule has 1 saturated heterocycles. The van der Waals surface area contributed by atoms with Crippen molar-refractivity contribution in [3.8, 4) is 5.75 Å². The minimum absolute atomic E-state index is 0.101. The maximum atomic E-state index is 13.9. The monoisotopic (exact) mass is 515 g/mol. The van der Waals surface area contributed by atoms with Crippen molar-refractivity contribution in [1.29, 1.82) is 0 Å². The standard InChI is InChI=1S/C31H34FN3O3/c1-38-25-15-11-23(12-16-25)29-28(30(36)33-17-6-20-34-18-4-5-19-34)26-7-2-3-8-27(26)31(37)35(29)21-22-9-13-24(32)14-10-22/h2-3,7-16,28-29H,4-6,17-21H2,1H3,(H,33,36)/t28-,29-/m0/s1. The van der Waals surface area contributed by atoms with Gasteiger partial charge in [-0.05, 0) is 85.9 Å². The van der Waals surface area contributed by atoms with Crippen LogP contribution in [0, 0.1) is 5.82 Å². The Kier molecular flexibility index (Phi) is 8.03. The molecule has 0 saturated carbocycles. The molecule has 2 heterocycles. The van der Waals surface area contributed by atoms with Gasteiger partial charge < -0.3 is 19.9 Å². The lowest BCUT2D eigenvalue weighted by Gasteiger charge is -2.42. The molecule has 3 aromatic carbocycles. The Labute approximate surface area is 223 Å². The number of carbonyl (C=O) groups is 2. The van der Waals surface area contributed by atoms with E-state index < -0.39 is 12.0 Å². The first-order chi connectivity index (χ1) is 18.5. The second kappa shape index (κ2) is 11.8. The molecular weight excluding hydrogens is 481 g/mol. The van der Waals surface area contributed by atoms with Crippen LogP contribution < -0.4 is 10.1 Å². The van der Waals surface area contributed by atoms with Crippen LogP contribution in [0.25, 0.3) is 0 Å². The van der Waals surface area contributed by atoms with Gasteiger partial charge in [0.2, 0.25) is 5.91 Å². The van der Waals surface area contributed by atoms with Crippen LogP contribution in [0.4, 0.5) is 4.39 Å². The molecule has 0 unspecified atom stereocenters. The Hall–Kier alpha value is -3.71. The lowest BCUT2D eigenvalue weighted by Crippen LogP contribution is -2.47. The van der Waals surface area contributed by atoms with Crippen LogP contribution in [0.15, 0.2) is 72.8 Å². The van der Waals surface area contributed by atoms with Crippen LogP contribution in [-0.4, -0.2) is 54.9 Å². The van der Waals surface area contributed by atoms with Crippen LogP contribution in [0.5, 0.6) is 5.75 Å². The van der Waals surface area contributed by atoms with Gasteiger partial charge >= 0.3 is 0 Å². The molecular formula is C31H34FN3O3. The number of ether oxygens (including phenoxy) is 1. The van der Waals surface area contributed by atoms with E-state index in [1.54, 1.807) is 30.2 Å². The van der Waals surface area contributed by atoms with Crippen molar-refractivity contribution < 1.29 is 18.7 Å². The first-order valence-corrected chi connectivity index (χ1v) is 13.3. The first kappa shape index (κ1) is 25.9. The van der Waals surface area contributed by atoms with Gasteiger partial charge in [-0.15, -0.1) is 0 Å². The molecule has 1 fully saturated rings. The largest absolute Gasteiger partial charge is 0.497 e. The summed E-state index contributed by atoms with van der Waals surface area (Å²) in [5.74, 6) is -0.476. The molecule has 2 aliphatic rings. The molecule has 2 aliphatic heterocycles. The minimum Gasteiger partial charge on any atom is -0.497 e. The summed E-state index contributed by atoms with van der Waals surface area (Å²) in [6.45, 7) is 4.06. The maximum Gasteiger partial charge on any atom is 0.255 e. The summed E-state index contributed by atoms with van der Waals surface area (Å²) in [5.41, 5.74) is 2.89. The minimum atomic E-state index is -0.593. The number of methoxy groups -OCH3 is 1. The summed E-state index contributed by atoms with van der Waals surface area (Å²) in [5, 5.41) is 3.17. The van der Waals surface area contributed by atoms with Crippen molar-refractivity contribution in [2.24, 2.45) is 0 Å². The van der Waals surface area contributed by atoms with E-state index in [0.717, 1.165) is 42.7 Å². The lowest BCUT2D eigenvalue weighted by molar-refractivity contribution is -0.124. The zero-order valence-corrected chi connectivity index (χ0v) is 21.7. The Bertz CT molecular complexity index is 1260. The summed E-state index contributed by atoms with van der Waals surface area (Å²) in [4.78, 5) is 31.9. The van der Waals surface area contributed by atoms with Gasteiger partial charge in [-0.3, -0.25) is 9.59 Å². The summed E-state index contributed by atoms with van der Waals surface area (Å²) in [7, 11) is 1.61. The highest BCUT2D eigenvalue weighted by Crippen LogP contribution is 2.44. The van der Waals surface area contributed by atoms with Crippen LogP contribution in [0.2, 0.25) is 0 Å². The number of rotatable bonds is 9. The molecule has 198 valence electrons. The highest BCUT2D eigenvalue weighted by atomic mass is 19.1. The average molecular weight is 516 g/mol. The van der Waals surface area contributed by atoms with Crippen molar-refractivity contribution in [3.63, 3.8) is 0 Å². The van der Waals surface area contributed by atoms with Gasteiger partial charge in [0.15, 0.2) is 0 Å². The van der Waals surface area contributed by atoms with Crippen LogP contribution in [0.1, 0.15) is 58.3 Å². The zero-order valence-electron chi connectivity index (χ0n) is 21.7. The first-order valence-electron chi connectivity index (χ1n) is 13.3. The highest BCUT2D eigenvalue weighted by Gasteiger charge is 2.44. The molecule has 2 atom stereocenters. The second-order valence-electron chi connectivity index (χ2n) is 10.0. The number of likely N-dealkylation sites (tertiary alicyclic amines) is 1. The number of hydrogen-bond acceptors (Lipinski definition) is 4. The molecule has 2 amide bonds. The molecule has 6 nitrogen and oxygen atoms in total. The number of fused-ring (bicyclic) bond motifs is 1. The fourth-order valence-electron chi connectivity index (χ4n) is 5.64. The molecule has 0 spiro atoms. The van der Waals surface area contributed by atoms with Crippen LogP contribution in [-0.2, 0) is 11.3 Å². The molecule has 1 N–H and O–H groups in total. The van der Waals surface area contributed by atoms with E-state index in [-0.39, 0.29) is 24.2 Å². The van der Waals surface area contributed by atoms with Crippen molar-refractivity contribution >= 4 is 11.8 Å². The second-order valence-corrected chi connectivity index (χ2v) is 10.0. The van der Waals surface area contributed by atoms with Gasteiger partial charge in [0.1, 0.15) is 11.6 Å². The number of nitrogens with one attached hydrogen (secondary N) is 1. The zero-order chi connectivity index (χ0) is 26.5. The quantitative estimate of drug-likeness (QED) is 0.411. The smallest absolute Gasteiger partial charge is 0.255 e. The van der Waals surface area contributed by atoms with E-state index in [4.69, 9.17) is 4.74 Å². The third-order valence-corrected chi connectivity index (χ3v) is 7.59. The summed E-state index contributed by atoms with van der Waals surface area (Å²) >= 11 is 0. The number of amides is 2. The Morgan fingerprint density at radius 1 is 1.00 bits per heavy atom. The van der Waals surface area contributed by atoms with Gasteiger partial charge in [-0.25, -0.2) is 4.39 Å². The summed E-state index contributed by atoms with van der Waals surface area (Å²) in [6, 6.07) is 20.5. The lowest BCUT2D eigenvalue weighted by atomic mass is 9.79. The van der Waals surface area contributed by atoms with E-state index in [2.05, 4.69) is 10.2 Å². The van der Waals surface area contributed by atoms with Gasteiger partial charge in [0.25, 0.3) is 5.91 Å². The molecule has 7 heteroatoms. The van der Waals surface area contributed by atoms with Crippen molar-refractivity contribution in [1.82, 2.24) is 15.1 Å². The normalized spacial score (nSPS) is 19.3. The SMILES string of the molecule is COc1ccc([C@H]2[C@@H](C(=O)NCCCN3CCCC3)c3ccccc3C(=O)N2Cc2ccc(F)cc2)cc1. The molecule has 3 aromatic rings. The third kappa shape index (κ3) is 5.58. The summed E-state index contributed by atoms with van der Waals surface area (Å²) < 4.78 is 19.0. The molecule has 0 bridgehead atoms. The van der Waals surface area contributed by atoms with E-state index >= 15 is 0 Å². The van der Waals surface area contributed by atoms with E-state index in [1.807, 2.05) is 42.5 Å². The van der Waals surface area contributed by atoms with Crippen LogP contribution in [0.3, 0.4) is 0 Å². The van der Waals surface area contributed by atoms with E-state index in [1.165, 1.54) is 25.0 Å². The third-order valence-electron chi connectivity index (χ3n) is 7.59. The van der Waals surface area contributed by atoms with Crippen molar-refractivity contribution in [3.05, 3.63) is 101 Å². The van der Waals surface area contributed by atoms with Gasteiger partial charge in [0.05, 0.1) is 19.1 Å². The fraction of sp³-hybridized carbons (Fsp3) is 0.355. The van der Waals surface area contributed by atoms with Gasteiger partial charge in [-0.2, -0.15) is 0 Å². The van der Waals surface area contributed by atoms with Crippen molar-refractivity contribution in [2.45, 2.75) is 37.8 Å². The van der Waals surface area contributed by atoms with Gasteiger partial charge in [0, 0.05) is 18.7 Å². The van der Waals surface area contributed by atoms with E-state index in [0.29, 0.717) is 17.9 Å². The number of hydrogen-bond donors (Lipinski definition) is 1. The Balaban J connectivity index is 1.48. The predicted octanol–water partition coefficient (Wildman–Crippen LogP) is 4.92.